The van der Waals surface area contributed by atoms with Crippen molar-refractivity contribution in [2.24, 2.45) is 0 Å². The summed E-state index contributed by atoms with van der Waals surface area (Å²) in [5.74, 6) is 0.821. The molecule has 0 saturated carbocycles. The Hall–Kier alpha value is -1.75. The Morgan fingerprint density at radius 3 is 2.41 bits per heavy atom. The number of hydrogen-bond acceptors (Lipinski definition) is 3. The van der Waals surface area contributed by atoms with Crippen LogP contribution in [0.5, 0.6) is 5.75 Å². The van der Waals surface area contributed by atoms with Gasteiger partial charge in [0.25, 0.3) is 0 Å². The molecule has 2 aliphatic heterocycles. The van der Waals surface area contributed by atoms with Crippen molar-refractivity contribution in [3.8, 4) is 5.75 Å². The molecular formula is C17H24N2O3. The zero-order valence-corrected chi connectivity index (χ0v) is 13.2. The number of hydrogen-bond donors (Lipinski definition) is 1. The minimum atomic E-state index is 0.00575. The summed E-state index contributed by atoms with van der Waals surface area (Å²) in [7, 11) is 1.76. The maximum atomic E-state index is 12.6. The van der Waals surface area contributed by atoms with Gasteiger partial charge in [-0.15, -0.1) is 0 Å². The molecule has 2 atom stereocenters. The molecule has 2 saturated heterocycles. The number of urea groups is 1. The van der Waals surface area contributed by atoms with Crippen molar-refractivity contribution < 1.29 is 14.3 Å². The van der Waals surface area contributed by atoms with Crippen molar-refractivity contribution in [1.29, 1.82) is 0 Å². The van der Waals surface area contributed by atoms with E-state index in [4.69, 9.17) is 9.47 Å². The summed E-state index contributed by atoms with van der Waals surface area (Å²) in [6, 6.07) is 8.15. The molecule has 120 valence electrons. The minimum Gasteiger partial charge on any atom is -0.494 e. The molecule has 1 aromatic rings. The highest BCUT2D eigenvalue weighted by Crippen LogP contribution is 2.37. The molecule has 1 aromatic carbocycles. The van der Waals surface area contributed by atoms with Gasteiger partial charge in [-0.3, -0.25) is 0 Å². The number of anilines is 1. The van der Waals surface area contributed by atoms with Crippen molar-refractivity contribution in [3.05, 3.63) is 24.3 Å². The van der Waals surface area contributed by atoms with Crippen LogP contribution in [0.15, 0.2) is 24.3 Å². The van der Waals surface area contributed by atoms with Gasteiger partial charge in [0.15, 0.2) is 0 Å². The molecule has 0 aromatic heterocycles. The summed E-state index contributed by atoms with van der Waals surface area (Å²) in [6.45, 7) is 2.60. The fourth-order valence-electron chi connectivity index (χ4n) is 3.64. The van der Waals surface area contributed by atoms with Crippen LogP contribution in [-0.4, -0.2) is 42.8 Å². The molecule has 2 heterocycles. The first-order valence-electron chi connectivity index (χ1n) is 8.06. The second kappa shape index (κ2) is 6.57. The van der Waals surface area contributed by atoms with Crippen LogP contribution in [0.3, 0.4) is 0 Å². The average molecular weight is 304 g/mol. The van der Waals surface area contributed by atoms with Gasteiger partial charge in [-0.05, 0) is 56.9 Å². The van der Waals surface area contributed by atoms with E-state index < -0.39 is 0 Å². The smallest absolute Gasteiger partial charge is 0.322 e. The van der Waals surface area contributed by atoms with Crippen molar-refractivity contribution >= 4 is 11.7 Å². The van der Waals surface area contributed by atoms with Crippen LogP contribution in [0.25, 0.3) is 0 Å². The molecule has 5 nitrogen and oxygen atoms in total. The topological polar surface area (TPSA) is 50.8 Å². The Bertz CT molecular complexity index is 503. The number of methoxy groups -OCH3 is 1. The molecule has 1 N–H and O–H groups in total. The summed E-state index contributed by atoms with van der Waals surface area (Å²) in [5, 5.41) is 3.01. The van der Waals surface area contributed by atoms with E-state index in [0.29, 0.717) is 24.8 Å². The summed E-state index contributed by atoms with van der Waals surface area (Å²) in [4.78, 5) is 14.6. The third-order valence-electron chi connectivity index (χ3n) is 4.67. The molecule has 2 bridgehead atoms. The lowest BCUT2D eigenvalue weighted by Crippen LogP contribution is -2.50. The van der Waals surface area contributed by atoms with Gasteiger partial charge in [0.1, 0.15) is 5.75 Å². The molecule has 2 unspecified atom stereocenters. The molecule has 0 aliphatic carbocycles. The Morgan fingerprint density at radius 2 is 1.86 bits per heavy atom. The normalized spacial score (nSPS) is 26.8. The van der Waals surface area contributed by atoms with Crippen LogP contribution in [0.1, 0.15) is 32.6 Å². The molecule has 0 radical (unpaired) electrons. The maximum Gasteiger partial charge on any atom is 0.322 e. The summed E-state index contributed by atoms with van der Waals surface area (Å²) >= 11 is 0. The van der Waals surface area contributed by atoms with E-state index in [1.807, 2.05) is 36.1 Å². The lowest BCUT2D eigenvalue weighted by Gasteiger charge is -2.38. The fourth-order valence-corrected chi connectivity index (χ4v) is 3.64. The van der Waals surface area contributed by atoms with Crippen LogP contribution < -0.4 is 10.1 Å². The number of fused-ring (bicyclic) bond motifs is 2. The molecule has 2 fully saturated rings. The number of ether oxygens (including phenoxy) is 2. The van der Waals surface area contributed by atoms with Crippen LogP contribution >= 0.6 is 0 Å². The first-order valence-corrected chi connectivity index (χ1v) is 8.06. The molecule has 2 aliphatic rings. The number of piperidine rings is 1. The van der Waals surface area contributed by atoms with Crippen LogP contribution in [-0.2, 0) is 4.74 Å². The number of carbonyl (C=O) groups is 1. The zero-order valence-electron chi connectivity index (χ0n) is 13.2. The Labute approximate surface area is 131 Å². The van der Waals surface area contributed by atoms with Crippen molar-refractivity contribution in [2.45, 2.75) is 50.8 Å². The second-order valence-corrected chi connectivity index (χ2v) is 6.01. The Balaban J connectivity index is 1.62. The molecule has 5 heteroatoms. The van der Waals surface area contributed by atoms with Crippen LogP contribution in [0.2, 0.25) is 0 Å². The minimum absolute atomic E-state index is 0.00575. The second-order valence-electron chi connectivity index (χ2n) is 6.01. The molecule has 2 amide bonds. The molecule has 0 spiro atoms. The van der Waals surface area contributed by atoms with E-state index in [1.54, 1.807) is 7.11 Å². The monoisotopic (exact) mass is 304 g/mol. The molecule has 22 heavy (non-hydrogen) atoms. The third-order valence-corrected chi connectivity index (χ3v) is 4.67. The zero-order chi connectivity index (χ0) is 15.5. The van der Waals surface area contributed by atoms with Crippen molar-refractivity contribution in [1.82, 2.24) is 4.90 Å². The standard InChI is InChI=1S/C17H24N2O3/c1-3-22-15-8-4-12(5-9-15)18-17(20)19-13-6-7-14(19)11-16(10-13)21-2/h4-5,8-9,13-14,16H,3,6-7,10-11H2,1-2H3,(H,18,20). The van der Waals surface area contributed by atoms with Gasteiger partial charge < -0.3 is 19.7 Å². The van der Waals surface area contributed by atoms with Gasteiger partial charge in [0, 0.05) is 24.9 Å². The average Bonchev–Trinajstić information content (AvgIpc) is 2.80. The van der Waals surface area contributed by atoms with E-state index in [0.717, 1.165) is 37.1 Å². The highest BCUT2D eigenvalue weighted by atomic mass is 16.5. The largest absolute Gasteiger partial charge is 0.494 e. The highest BCUT2D eigenvalue weighted by molar-refractivity contribution is 5.90. The summed E-state index contributed by atoms with van der Waals surface area (Å²) < 4.78 is 10.9. The SMILES string of the molecule is CCOc1ccc(NC(=O)N2C3CCC2CC(OC)C3)cc1. The first kappa shape index (κ1) is 15.2. The van der Waals surface area contributed by atoms with Crippen molar-refractivity contribution in [3.63, 3.8) is 0 Å². The highest BCUT2D eigenvalue weighted by Gasteiger charge is 2.43. The van der Waals surface area contributed by atoms with E-state index in [2.05, 4.69) is 5.32 Å². The predicted octanol–water partition coefficient (Wildman–Crippen LogP) is 3.26. The first-order chi connectivity index (χ1) is 10.7. The van der Waals surface area contributed by atoms with E-state index in [9.17, 15) is 4.79 Å². The molecular weight excluding hydrogens is 280 g/mol. The van der Waals surface area contributed by atoms with Gasteiger partial charge in [-0.1, -0.05) is 0 Å². The van der Waals surface area contributed by atoms with Gasteiger partial charge in [0.05, 0.1) is 12.7 Å². The Kier molecular flexibility index (Phi) is 4.52. The van der Waals surface area contributed by atoms with E-state index >= 15 is 0 Å². The lowest BCUT2D eigenvalue weighted by molar-refractivity contribution is 0.0232. The number of nitrogens with one attached hydrogen (secondary N) is 1. The van der Waals surface area contributed by atoms with E-state index in [-0.39, 0.29) is 6.03 Å². The number of benzene rings is 1. The Morgan fingerprint density at radius 1 is 1.23 bits per heavy atom. The van der Waals surface area contributed by atoms with Crippen molar-refractivity contribution in [2.75, 3.05) is 19.0 Å². The van der Waals surface area contributed by atoms with Gasteiger partial charge in [0.2, 0.25) is 0 Å². The molecule has 3 rings (SSSR count). The summed E-state index contributed by atoms with van der Waals surface area (Å²) in [5.41, 5.74) is 0.807. The fraction of sp³-hybridized carbons (Fsp3) is 0.588. The third kappa shape index (κ3) is 3.04. The van der Waals surface area contributed by atoms with Gasteiger partial charge in [-0.25, -0.2) is 4.79 Å². The van der Waals surface area contributed by atoms with E-state index in [1.165, 1.54) is 0 Å². The van der Waals surface area contributed by atoms with Crippen LogP contribution in [0, 0.1) is 0 Å². The predicted molar refractivity (Wildman–Crippen MR) is 85.3 cm³/mol. The van der Waals surface area contributed by atoms with Gasteiger partial charge >= 0.3 is 6.03 Å². The number of rotatable bonds is 4. The maximum absolute atomic E-state index is 12.6. The van der Waals surface area contributed by atoms with Crippen LogP contribution in [0.4, 0.5) is 10.5 Å². The number of carbonyl (C=O) groups excluding carboxylic acids is 1. The van der Waals surface area contributed by atoms with Gasteiger partial charge in [-0.2, -0.15) is 0 Å². The quantitative estimate of drug-likeness (QED) is 0.929. The summed E-state index contributed by atoms with van der Waals surface area (Å²) in [6.07, 6.45) is 4.36. The number of amides is 2. The lowest BCUT2D eigenvalue weighted by atomic mass is 10.0. The number of nitrogens with zero attached hydrogens (tertiary/aromatic N) is 1.